The third-order valence-corrected chi connectivity index (χ3v) is 4.97. The zero-order valence-corrected chi connectivity index (χ0v) is 14.4. The van der Waals surface area contributed by atoms with E-state index in [0.29, 0.717) is 17.4 Å². The number of fused-ring (bicyclic) bond motifs is 1. The van der Waals surface area contributed by atoms with Crippen LogP contribution in [0.1, 0.15) is 27.7 Å². The number of aromatic amines is 1. The standard InChI is InChI=1S/C15H20N4O3S/c1-8-7-23-12-9(18-14-16-5-6-17-14)11(20)19(12)10(8)13(21)22-15(2,3)4/h5-6,9,12H,7H2,1-4H3,(H2,16,17,18)/t9?,12-/m0/s1. The molecule has 0 spiro atoms. The number of nitrogens with one attached hydrogen (secondary N) is 2. The fourth-order valence-electron chi connectivity index (χ4n) is 2.58. The van der Waals surface area contributed by atoms with Crippen molar-refractivity contribution in [1.29, 1.82) is 0 Å². The summed E-state index contributed by atoms with van der Waals surface area (Å²) in [5, 5.41) is 2.95. The van der Waals surface area contributed by atoms with E-state index in [4.69, 9.17) is 4.74 Å². The number of carbonyl (C=O) groups is 2. The van der Waals surface area contributed by atoms with Crippen LogP contribution in [0, 0.1) is 0 Å². The number of ether oxygens (including phenoxy) is 1. The summed E-state index contributed by atoms with van der Waals surface area (Å²) in [5.74, 6) is 0.664. The van der Waals surface area contributed by atoms with E-state index in [0.717, 1.165) is 5.57 Å². The van der Waals surface area contributed by atoms with Gasteiger partial charge in [0.15, 0.2) is 0 Å². The maximum absolute atomic E-state index is 12.5. The summed E-state index contributed by atoms with van der Waals surface area (Å²) in [6.07, 6.45) is 3.31. The Bertz CT molecular complexity index is 663. The average Bonchev–Trinajstić information content (AvgIpc) is 2.95. The molecule has 124 valence electrons. The van der Waals surface area contributed by atoms with Crippen molar-refractivity contribution in [1.82, 2.24) is 14.9 Å². The Morgan fingerprint density at radius 3 is 2.87 bits per heavy atom. The van der Waals surface area contributed by atoms with E-state index in [1.165, 1.54) is 4.90 Å². The molecule has 23 heavy (non-hydrogen) atoms. The van der Waals surface area contributed by atoms with Gasteiger partial charge in [-0.3, -0.25) is 9.69 Å². The van der Waals surface area contributed by atoms with Gasteiger partial charge in [0, 0.05) is 18.1 Å². The van der Waals surface area contributed by atoms with Gasteiger partial charge in [-0.05, 0) is 33.3 Å². The van der Waals surface area contributed by atoms with E-state index < -0.39 is 17.6 Å². The van der Waals surface area contributed by atoms with Crippen LogP contribution in [-0.4, -0.2) is 49.5 Å². The topological polar surface area (TPSA) is 87.3 Å². The summed E-state index contributed by atoms with van der Waals surface area (Å²) in [6.45, 7) is 7.31. The lowest BCUT2D eigenvalue weighted by molar-refractivity contribution is -0.157. The van der Waals surface area contributed by atoms with Crippen LogP contribution in [-0.2, 0) is 14.3 Å². The Balaban J connectivity index is 1.78. The second kappa shape index (κ2) is 5.59. The van der Waals surface area contributed by atoms with Gasteiger partial charge in [-0.25, -0.2) is 9.78 Å². The molecule has 3 heterocycles. The molecule has 3 rings (SSSR count). The predicted molar refractivity (Wildman–Crippen MR) is 87.6 cm³/mol. The van der Waals surface area contributed by atoms with E-state index in [2.05, 4.69) is 15.3 Å². The van der Waals surface area contributed by atoms with E-state index >= 15 is 0 Å². The van der Waals surface area contributed by atoms with Gasteiger partial charge in [0.2, 0.25) is 5.95 Å². The smallest absolute Gasteiger partial charge is 0.355 e. The molecule has 1 aromatic heterocycles. The van der Waals surface area contributed by atoms with Gasteiger partial charge in [-0.2, -0.15) is 0 Å². The maximum Gasteiger partial charge on any atom is 0.355 e. The van der Waals surface area contributed by atoms with E-state index in [9.17, 15) is 9.59 Å². The molecule has 1 fully saturated rings. The molecule has 0 radical (unpaired) electrons. The molecular formula is C15H20N4O3S. The van der Waals surface area contributed by atoms with Gasteiger partial charge in [0.1, 0.15) is 22.7 Å². The number of anilines is 1. The Labute approximate surface area is 138 Å². The molecule has 2 atom stereocenters. The number of nitrogens with zero attached hydrogens (tertiary/aromatic N) is 2. The number of hydrogen-bond acceptors (Lipinski definition) is 6. The lowest BCUT2D eigenvalue weighted by Crippen LogP contribution is -2.67. The van der Waals surface area contributed by atoms with E-state index in [1.807, 2.05) is 27.7 Å². The predicted octanol–water partition coefficient (Wildman–Crippen LogP) is 1.72. The minimum atomic E-state index is -0.593. The van der Waals surface area contributed by atoms with Crippen LogP contribution in [0.2, 0.25) is 0 Å². The first kappa shape index (κ1) is 15.9. The van der Waals surface area contributed by atoms with Crippen LogP contribution in [0.15, 0.2) is 23.7 Å². The number of carbonyl (C=O) groups excluding carboxylic acids is 2. The van der Waals surface area contributed by atoms with Gasteiger partial charge < -0.3 is 15.0 Å². The second-order valence-corrected chi connectivity index (χ2v) is 7.71. The van der Waals surface area contributed by atoms with Gasteiger partial charge in [0.05, 0.1) is 0 Å². The Morgan fingerprint density at radius 1 is 1.52 bits per heavy atom. The summed E-state index contributed by atoms with van der Waals surface area (Å²) in [7, 11) is 0. The van der Waals surface area contributed by atoms with Crippen molar-refractivity contribution in [2.24, 2.45) is 0 Å². The molecular weight excluding hydrogens is 316 g/mol. The van der Waals surface area contributed by atoms with Gasteiger partial charge >= 0.3 is 5.97 Å². The van der Waals surface area contributed by atoms with Crippen molar-refractivity contribution in [3.8, 4) is 0 Å². The van der Waals surface area contributed by atoms with Crippen LogP contribution in [0.4, 0.5) is 5.95 Å². The summed E-state index contributed by atoms with van der Waals surface area (Å²) < 4.78 is 5.45. The van der Waals surface area contributed by atoms with Crippen LogP contribution >= 0.6 is 11.8 Å². The second-order valence-electron chi connectivity index (χ2n) is 6.60. The lowest BCUT2D eigenvalue weighted by Gasteiger charge is -2.49. The molecule has 1 unspecified atom stereocenters. The highest BCUT2D eigenvalue weighted by Gasteiger charge is 2.53. The molecule has 2 aliphatic rings. The number of aromatic nitrogens is 2. The quantitative estimate of drug-likeness (QED) is 0.645. The molecule has 0 aliphatic carbocycles. The molecule has 8 heteroatoms. The Kier molecular flexibility index (Phi) is 3.87. The fraction of sp³-hybridized carbons (Fsp3) is 0.533. The van der Waals surface area contributed by atoms with Crippen molar-refractivity contribution in [3.63, 3.8) is 0 Å². The highest BCUT2D eigenvalue weighted by molar-refractivity contribution is 8.00. The number of hydrogen-bond donors (Lipinski definition) is 2. The van der Waals surface area contributed by atoms with Gasteiger partial charge in [-0.1, -0.05) is 0 Å². The molecule has 1 amide bonds. The lowest BCUT2D eigenvalue weighted by atomic mass is 10.0. The first-order valence-corrected chi connectivity index (χ1v) is 8.46. The zero-order chi connectivity index (χ0) is 16.8. The fourth-order valence-corrected chi connectivity index (χ4v) is 3.87. The number of esters is 1. The summed E-state index contributed by atoms with van der Waals surface area (Å²) in [4.78, 5) is 33.5. The molecule has 1 aromatic rings. The zero-order valence-electron chi connectivity index (χ0n) is 13.5. The molecule has 1 saturated heterocycles. The van der Waals surface area contributed by atoms with Gasteiger partial charge in [-0.15, -0.1) is 11.8 Å². The van der Waals surface area contributed by atoms with E-state index in [1.54, 1.807) is 24.2 Å². The molecule has 0 aromatic carbocycles. The molecule has 0 saturated carbocycles. The van der Waals surface area contributed by atoms with Crippen LogP contribution in [0.3, 0.4) is 0 Å². The number of β-lactam (4-membered cyclic amide) rings is 1. The van der Waals surface area contributed by atoms with Gasteiger partial charge in [0.25, 0.3) is 5.91 Å². The Morgan fingerprint density at radius 2 is 2.26 bits per heavy atom. The average molecular weight is 336 g/mol. The maximum atomic E-state index is 12.5. The monoisotopic (exact) mass is 336 g/mol. The van der Waals surface area contributed by atoms with Crippen molar-refractivity contribution in [3.05, 3.63) is 23.7 Å². The van der Waals surface area contributed by atoms with Crippen molar-refractivity contribution in [2.75, 3.05) is 11.1 Å². The summed E-state index contributed by atoms with van der Waals surface area (Å²) in [5.41, 5.74) is 0.654. The number of rotatable bonds is 3. The summed E-state index contributed by atoms with van der Waals surface area (Å²) >= 11 is 1.63. The minimum absolute atomic E-state index is 0.126. The van der Waals surface area contributed by atoms with Crippen LogP contribution in [0.5, 0.6) is 0 Å². The molecule has 2 N–H and O–H groups in total. The summed E-state index contributed by atoms with van der Waals surface area (Å²) in [6, 6.07) is -0.392. The normalized spacial score (nSPS) is 24.2. The van der Waals surface area contributed by atoms with Crippen molar-refractivity contribution < 1.29 is 14.3 Å². The van der Waals surface area contributed by atoms with Crippen molar-refractivity contribution >= 4 is 29.6 Å². The van der Waals surface area contributed by atoms with Crippen molar-refractivity contribution in [2.45, 2.75) is 44.7 Å². The van der Waals surface area contributed by atoms with Crippen LogP contribution in [0.25, 0.3) is 0 Å². The van der Waals surface area contributed by atoms with Crippen LogP contribution < -0.4 is 5.32 Å². The first-order chi connectivity index (χ1) is 10.8. The largest absolute Gasteiger partial charge is 0.455 e. The third-order valence-electron chi connectivity index (χ3n) is 3.54. The number of thioether (sulfide) groups is 1. The van der Waals surface area contributed by atoms with E-state index in [-0.39, 0.29) is 11.3 Å². The highest BCUT2D eigenvalue weighted by Crippen LogP contribution is 2.41. The molecule has 0 bridgehead atoms. The number of imidazole rings is 1. The molecule has 7 nitrogen and oxygen atoms in total. The number of amides is 1. The number of H-pyrrole nitrogens is 1. The first-order valence-electron chi connectivity index (χ1n) is 7.41. The Hall–Kier alpha value is -1.96. The highest BCUT2D eigenvalue weighted by atomic mass is 32.2. The molecule has 2 aliphatic heterocycles. The minimum Gasteiger partial charge on any atom is -0.455 e. The third kappa shape index (κ3) is 2.95. The SMILES string of the molecule is CC1=C(C(=O)OC(C)(C)C)N2C(=O)C(Nc3ncc[nH]3)[C@@H]2SC1.